The van der Waals surface area contributed by atoms with Gasteiger partial charge in [-0.2, -0.15) is 18.3 Å². The molecule has 2 aliphatic rings. The Morgan fingerprint density at radius 1 is 1.26 bits per heavy atom. The van der Waals surface area contributed by atoms with E-state index < -0.39 is 23.1 Å². The first-order valence-corrected chi connectivity index (χ1v) is 12.2. The average Bonchev–Trinajstić information content (AvgIpc) is 3.68. The summed E-state index contributed by atoms with van der Waals surface area (Å²) in [5.74, 6) is 0.515. The third-order valence-corrected chi connectivity index (χ3v) is 6.63. The first kappa shape index (κ1) is 25.6. The Bertz CT molecular complexity index is 1430. The number of anilines is 2. The molecule has 1 aromatic carbocycles. The van der Waals surface area contributed by atoms with Crippen LogP contribution in [0.2, 0.25) is 0 Å². The van der Waals surface area contributed by atoms with Crippen molar-refractivity contribution in [1.29, 1.82) is 0 Å². The molecule has 2 aromatic heterocycles. The number of nitrogens with zero attached hydrogens (tertiary/aromatic N) is 5. The zero-order valence-corrected chi connectivity index (χ0v) is 20.5. The Hall–Kier alpha value is -4.03. The summed E-state index contributed by atoms with van der Waals surface area (Å²) in [5, 5.41) is 8.01. The predicted molar refractivity (Wildman–Crippen MR) is 135 cm³/mol. The number of hydrogen-bond donors (Lipinski definition) is 3. The summed E-state index contributed by atoms with van der Waals surface area (Å²) in [6.07, 6.45) is 2.75. The van der Waals surface area contributed by atoms with Crippen molar-refractivity contribution in [2.24, 2.45) is 4.99 Å². The van der Waals surface area contributed by atoms with Gasteiger partial charge < -0.3 is 16.0 Å². The molecular weight excluding hydrogens is 504 g/mol. The normalized spacial score (nSPS) is 15.9. The van der Waals surface area contributed by atoms with Gasteiger partial charge in [-0.05, 0) is 50.7 Å². The Kier molecular flexibility index (Phi) is 6.76. The van der Waals surface area contributed by atoms with Crippen LogP contribution in [0.4, 0.5) is 34.8 Å². The quantitative estimate of drug-likeness (QED) is 0.364. The van der Waals surface area contributed by atoms with Crippen LogP contribution in [-0.4, -0.2) is 44.0 Å². The number of aromatic amines is 1. The van der Waals surface area contributed by atoms with Crippen LogP contribution < -0.4 is 16.6 Å². The third kappa shape index (κ3) is 5.46. The van der Waals surface area contributed by atoms with Crippen molar-refractivity contribution in [2.45, 2.75) is 57.3 Å². The van der Waals surface area contributed by atoms with Gasteiger partial charge >= 0.3 is 6.18 Å². The van der Waals surface area contributed by atoms with Gasteiger partial charge in [0.2, 0.25) is 0 Å². The van der Waals surface area contributed by atoms with Crippen LogP contribution in [0.3, 0.4) is 0 Å². The van der Waals surface area contributed by atoms with Gasteiger partial charge in [0.15, 0.2) is 5.82 Å². The molecule has 9 nitrogen and oxygen atoms in total. The van der Waals surface area contributed by atoms with E-state index in [0.29, 0.717) is 48.9 Å². The molecule has 0 saturated heterocycles. The maximum atomic E-state index is 15.0. The minimum atomic E-state index is -4.80. The molecule has 13 heteroatoms. The van der Waals surface area contributed by atoms with Gasteiger partial charge in [0.05, 0.1) is 29.5 Å². The van der Waals surface area contributed by atoms with Gasteiger partial charge in [-0.25, -0.2) is 24.4 Å². The summed E-state index contributed by atoms with van der Waals surface area (Å²) in [7, 11) is 0. The molecule has 3 aromatic rings. The van der Waals surface area contributed by atoms with E-state index in [1.54, 1.807) is 25.5 Å². The highest BCUT2D eigenvalue weighted by Crippen LogP contribution is 2.42. The minimum Gasteiger partial charge on any atom is -0.383 e. The maximum absolute atomic E-state index is 15.0. The van der Waals surface area contributed by atoms with E-state index in [-0.39, 0.29) is 23.1 Å². The lowest BCUT2D eigenvalue weighted by atomic mass is 10.1. The SMILES string of the molecule is C[C@@H](CCCN1C=Nc2cc(-c3ncc(C4CC4)c(N)n3)c(F)cc2C1)Nc1cn[nH]c(=O)c1C(F)(F)F. The van der Waals surface area contributed by atoms with Gasteiger partial charge in [0.1, 0.15) is 17.2 Å². The Morgan fingerprint density at radius 3 is 2.76 bits per heavy atom. The van der Waals surface area contributed by atoms with Crippen molar-refractivity contribution < 1.29 is 17.6 Å². The monoisotopic (exact) mass is 530 g/mol. The molecule has 1 aliphatic carbocycles. The molecule has 1 fully saturated rings. The standard InChI is InChI=1S/C25H26F4N8O/c1-13(34-20-10-33-36-24(38)21(20)25(27,28)29)3-2-6-37-11-15-7-18(26)16(8-19(15)32-12-37)23-31-9-17(14-4-5-14)22(30)35-23/h7-10,12-14H,2-6,11H2,1H3,(H2,30,31,35)(H2,34,36,38)/t13-/m0/s1. The lowest BCUT2D eigenvalue weighted by Gasteiger charge is -2.25. The fourth-order valence-electron chi connectivity index (χ4n) is 4.53. The fraction of sp³-hybridized carbons (Fsp3) is 0.400. The summed E-state index contributed by atoms with van der Waals surface area (Å²) in [5.41, 5.74) is 5.56. The summed E-state index contributed by atoms with van der Waals surface area (Å²) >= 11 is 0. The molecule has 200 valence electrons. The third-order valence-electron chi connectivity index (χ3n) is 6.63. The number of rotatable bonds is 8. The summed E-state index contributed by atoms with van der Waals surface area (Å²) in [4.78, 5) is 26.6. The number of alkyl halides is 3. The molecule has 0 amide bonds. The fourth-order valence-corrected chi connectivity index (χ4v) is 4.53. The molecule has 5 rings (SSSR count). The second-order valence-electron chi connectivity index (χ2n) is 9.66. The molecule has 4 N–H and O–H groups in total. The second-order valence-corrected chi connectivity index (χ2v) is 9.66. The summed E-state index contributed by atoms with van der Waals surface area (Å²) in [6, 6.07) is 2.68. The Morgan fingerprint density at radius 2 is 2.05 bits per heavy atom. The highest BCUT2D eigenvalue weighted by molar-refractivity contribution is 5.72. The molecule has 0 spiro atoms. The zero-order chi connectivity index (χ0) is 27.0. The number of nitrogen functional groups attached to an aromatic ring is 1. The molecule has 1 saturated carbocycles. The van der Waals surface area contributed by atoms with E-state index in [2.05, 4.69) is 25.4 Å². The van der Waals surface area contributed by atoms with E-state index in [1.165, 1.54) is 6.07 Å². The number of aliphatic imine (C=N–C) groups is 1. The highest BCUT2D eigenvalue weighted by atomic mass is 19.4. The smallest absolute Gasteiger partial charge is 0.383 e. The van der Waals surface area contributed by atoms with Crippen LogP contribution in [0.15, 0.2) is 34.3 Å². The van der Waals surface area contributed by atoms with Crippen LogP contribution in [0.25, 0.3) is 11.4 Å². The molecule has 3 heterocycles. The molecule has 1 atom stereocenters. The van der Waals surface area contributed by atoms with E-state index in [9.17, 15) is 22.4 Å². The number of fused-ring (bicyclic) bond motifs is 1. The van der Waals surface area contributed by atoms with Crippen molar-refractivity contribution in [2.75, 3.05) is 17.6 Å². The molecule has 0 bridgehead atoms. The van der Waals surface area contributed by atoms with Crippen molar-refractivity contribution in [3.05, 3.63) is 57.4 Å². The first-order chi connectivity index (χ1) is 18.1. The van der Waals surface area contributed by atoms with Crippen molar-refractivity contribution >= 4 is 23.5 Å². The number of benzene rings is 1. The van der Waals surface area contributed by atoms with E-state index in [4.69, 9.17) is 5.73 Å². The molecule has 38 heavy (non-hydrogen) atoms. The van der Waals surface area contributed by atoms with Crippen LogP contribution in [0, 0.1) is 5.82 Å². The highest BCUT2D eigenvalue weighted by Gasteiger charge is 2.37. The van der Waals surface area contributed by atoms with Crippen molar-refractivity contribution in [3.8, 4) is 11.4 Å². The van der Waals surface area contributed by atoms with Gasteiger partial charge in [-0.1, -0.05) is 0 Å². The van der Waals surface area contributed by atoms with Crippen LogP contribution in [0.5, 0.6) is 0 Å². The van der Waals surface area contributed by atoms with E-state index in [0.717, 1.165) is 24.6 Å². The largest absolute Gasteiger partial charge is 0.423 e. The maximum Gasteiger partial charge on any atom is 0.423 e. The van der Waals surface area contributed by atoms with Crippen LogP contribution in [0.1, 0.15) is 55.2 Å². The zero-order valence-electron chi connectivity index (χ0n) is 20.5. The Labute approximate surface area is 215 Å². The minimum absolute atomic E-state index is 0.218. The number of nitrogens with one attached hydrogen (secondary N) is 2. The van der Waals surface area contributed by atoms with Crippen molar-refractivity contribution in [1.82, 2.24) is 25.1 Å². The van der Waals surface area contributed by atoms with Gasteiger partial charge in [0.25, 0.3) is 5.56 Å². The summed E-state index contributed by atoms with van der Waals surface area (Å²) in [6.45, 7) is 2.71. The van der Waals surface area contributed by atoms with E-state index >= 15 is 0 Å². The molecule has 1 aliphatic heterocycles. The lowest BCUT2D eigenvalue weighted by molar-refractivity contribution is -0.138. The van der Waals surface area contributed by atoms with Gasteiger partial charge in [0, 0.05) is 36.5 Å². The van der Waals surface area contributed by atoms with Crippen LogP contribution in [-0.2, 0) is 12.7 Å². The molecule has 0 radical (unpaired) electrons. The first-order valence-electron chi connectivity index (χ1n) is 12.2. The molecular formula is C25H26F4N8O. The topological polar surface area (TPSA) is 125 Å². The number of hydrogen-bond acceptors (Lipinski definition) is 8. The number of H-pyrrole nitrogens is 1. The summed E-state index contributed by atoms with van der Waals surface area (Å²) < 4.78 is 54.7. The van der Waals surface area contributed by atoms with Crippen LogP contribution >= 0.6 is 0 Å². The lowest BCUT2D eigenvalue weighted by Crippen LogP contribution is -2.28. The number of aromatic nitrogens is 4. The molecule has 0 unspecified atom stereocenters. The van der Waals surface area contributed by atoms with Gasteiger partial charge in [-0.15, -0.1) is 0 Å². The van der Waals surface area contributed by atoms with Crippen molar-refractivity contribution in [3.63, 3.8) is 0 Å². The Balaban J connectivity index is 1.19. The predicted octanol–water partition coefficient (Wildman–Crippen LogP) is 4.60. The number of halogens is 4. The average molecular weight is 531 g/mol. The number of nitrogens with two attached hydrogens (primary N) is 1. The second kappa shape index (κ2) is 10.0. The van der Waals surface area contributed by atoms with Gasteiger partial charge in [-0.3, -0.25) is 4.79 Å². The van der Waals surface area contributed by atoms with E-state index in [1.807, 2.05) is 10.00 Å².